The number of aromatic nitrogens is 2. The van der Waals surface area contributed by atoms with Crippen LogP contribution in [0.15, 0.2) is 6.20 Å². The molecule has 4 nitrogen and oxygen atoms in total. The summed E-state index contributed by atoms with van der Waals surface area (Å²) in [5.74, 6) is 0.199. The first-order chi connectivity index (χ1) is 6.18. The predicted molar refractivity (Wildman–Crippen MR) is 49.0 cm³/mol. The Morgan fingerprint density at radius 1 is 1.85 bits per heavy atom. The first-order valence-electron chi connectivity index (χ1n) is 4.63. The zero-order valence-corrected chi connectivity index (χ0v) is 7.75. The minimum absolute atomic E-state index is 0.199. The summed E-state index contributed by atoms with van der Waals surface area (Å²) in [6.07, 6.45) is 3.73. The molecule has 0 radical (unpaired) electrons. The molecule has 72 valence electrons. The highest BCUT2D eigenvalue weighted by Gasteiger charge is 2.40. The molecule has 0 bridgehead atoms. The van der Waals surface area contributed by atoms with Crippen molar-refractivity contribution in [3.63, 3.8) is 0 Å². The lowest BCUT2D eigenvalue weighted by molar-refractivity contribution is -0.0229. The molecule has 1 aliphatic rings. The van der Waals surface area contributed by atoms with Crippen LogP contribution in [0.3, 0.4) is 0 Å². The Kier molecular flexibility index (Phi) is 1.89. The third-order valence-corrected chi connectivity index (χ3v) is 3.12. The van der Waals surface area contributed by atoms with Crippen molar-refractivity contribution in [2.45, 2.75) is 25.4 Å². The van der Waals surface area contributed by atoms with Gasteiger partial charge in [-0.05, 0) is 24.3 Å². The Hall–Kier alpha value is -0.870. The second kappa shape index (κ2) is 2.82. The second-order valence-electron chi connectivity index (χ2n) is 3.84. The van der Waals surface area contributed by atoms with Crippen molar-refractivity contribution in [2.75, 3.05) is 6.54 Å². The van der Waals surface area contributed by atoms with Crippen LogP contribution in [-0.4, -0.2) is 21.8 Å². The number of hydrogen-bond donors (Lipinski definition) is 3. The lowest BCUT2D eigenvalue weighted by atomic mass is 9.76. The molecular formula is C9H15N3O. The van der Waals surface area contributed by atoms with Gasteiger partial charge in [-0.15, -0.1) is 0 Å². The van der Waals surface area contributed by atoms with Crippen molar-refractivity contribution in [1.82, 2.24) is 10.2 Å². The molecule has 4 N–H and O–H groups in total. The highest BCUT2D eigenvalue weighted by atomic mass is 16.3. The van der Waals surface area contributed by atoms with Crippen molar-refractivity contribution in [1.29, 1.82) is 0 Å². The number of H-pyrrole nitrogens is 1. The topological polar surface area (TPSA) is 74.9 Å². The van der Waals surface area contributed by atoms with Gasteiger partial charge in [-0.3, -0.25) is 5.10 Å². The fourth-order valence-corrected chi connectivity index (χ4v) is 2.04. The lowest BCUT2D eigenvalue weighted by Crippen LogP contribution is -2.44. The van der Waals surface area contributed by atoms with Crippen LogP contribution in [0.5, 0.6) is 0 Å². The van der Waals surface area contributed by atoms with Gasteiger partial charge >= 0.3 is 0 Å². The number of nitrogens with two attached hydrogens (primary N) is 1. The van der Waals surface area contributed by atoms with Gasteiger partial charge < -0.3 is 10.8 Å². The van der Waals surface area contributed by atoms with Crippen molar-refractivity contribution in [3.05, 3.63) is 17.5 Å². The Bertz CT molecular complexity index is 310. The van der Waals surface area contributed by atoms with Gasteiger partial charge in [0.1, 0.15) is 5.60 Å². The Morgan fingerprint density at radius 3 is 3.31 bits per heavy atom. The van der Waals surface area contributed by atoms with Gasteiger partial charge in [-0.25, -0.2) is 0 Å². The molecule has 0 saturated heterocycles. The van der Waals surface area contributed by atoms with Crippen LogP contribution in [-0.2, 0) is 12.0 Å². The molecule has 1 aliphatic carbocycles. The van der Waals surface area contributed by atoms with Gasteiger partial charge in [0.15, 0.2) is 0 Å². The minimum Gasteiger partial charge on any atom is -0.382 e. The predicted octanol–water partition coefficient (Wildman–Crippen LogP) is 0.138. The molecule has 1 heterocycles. The fourth-order valence-electron chi connectivity index (χ4n) is 2.04. The van der Waals surface area contributed by atoms with Gasteiger partial charge in [-0.1, -0.05) is 6.92 Å². The molecular weight excluding hydrogens is 166 g/mol. The number of aromatic amines is 1. The van der Waals surface area contributed by atoms with Crippen molar-refractivity contribution in [2.24, 2.45) is 11.7 Å². The molecule has 2 rings (SSSR count). The zero-order chi connectivity index (χ0) is 9.47. The number of nitrogens with zero attached hydrogens (tertiary/aromatic N) is 1. The van der Waals surface area contributed by atoms with Gasteiger partial charge in [0.2, 0.25) is 0 Å². The Labute approximate surface area is 77.1 Å². The molecule has 2 unspecified atom stereocenters. The Morgan fingerprint density at radius 2 is 2.62 bits per heavy atom. The fraction of sp³-hybridized carbons (Fsp3) is 0.667. The summed E-state index contributed by atoms with van der Waals surface area (Å²) >= 11 is 0. The average molecular weight is 181 g/mol. The van der Waals surface area contributed by atoms with E-state index < -0.39 is 5.60 Å². The molecule has 1 aromatic rings. The van der Waals surface area contributed by atoms with E-state index in [9.17, 15) is 5.11 Å². The maximum atomic E-state index is 10.3. The van der Waals surface area contributed by atoms with Crippen molar-refractivity contribution < 1.29 is 5.11 Å². The van der Waals surface area contributed by atoms with E-state index in [-0.39, 0.29) is 12.5 Å². The van der Waals surface area contributed by atoms with E-state index in [0.29, 0.717) is 0 Å². The van der Waals surface area contributed by atoms with Crippen molar-refractivity contribution in [3.8, 4) is 0 Å². The van der Waals surface area contributed by atoms with E-state index in [1.54, 1.807) is 6.20 Å². The molecule has 0 amide bonds. The van der Waals surface area contributed by atoms with Gasteiger partial charge in [-0.2, -0.15) is 5.10 Å². The summed E-state index contributed by atoms with van der Waals surface area (Å²) in [7, 11) is 0. The maximum absolute atomic E-state index is 10.3. The lowest BCUT2D eigenvalue weighted by Gasteiger charge is -2.36. The summed E-state index contributed by atoms with van der Waals surface area (Å²) in [4.78, 5) is 0. The second-order valence-corrected chi connectivity index (χ2v) is 3.84. The van der Waals surface area contributed by atoms with Crippen LogP contribution in [0.25, 0.3) is 0 Å². The summed E-state index contributed by atoms with van der Waals surface area (Å²) in [6.45, 7) is 2.28. The van der Waals surface area contributed by atoms with Crippen molar-refractivity contribution >= 4 is 0 Å². The summed E-state index contributed by atoms with van der Waals surface area (Å²) in [6, 6.07) is 0. The average Bonchev–Trinajstić information content (AvgIpc) is 2.60. The van der Waals surface area contributed by atoms with Crippen LogP contribution in [0.2, 0.25) is 0 Å². The largest absolute Gasteiger partial charge is 0.382 e. The van der Waals surface area contributed by atoms with Gasteiger partial charge in [0.25, 0.3) is 0 Å². The third kappa shape index (κ3) is 1.09. The number of fused-ring (bicyclic) bond motifs is 1. The minimum atomic E-state index is -0.899. The van der Waals surface area contributed by atoms with E-state index in [4.69, 9.17) is 5.73 Å². The van der Waals surface area contributed by atoms with E-state index >= 15 is 0 Å². The molecule has 4 heteroatoms. The quantitative estimate of drug-likeness (QED) is 0.577. The molecule has 0 fully saturated rings. The van der Waals surface area contributed by atoms with Crippen LogP contribution in [0.1, 0.15) is 24.6 Å². The van der Waals surface area contributed by atoms with Crippen LogP contribution in [0, 0.1) is 5.92 Å². The molecule has 0 aromatic carbocycles. The molecule has 0 spiro atoms. The number of rotatable bonds is 1. The normalized spacial score (nSPS) is 33.0. The number of hydrogen-bond acceptors (Lipinski definition) is 3. The van der Waals surface area contributed by atoms with E-state index in [0.717, 1.165) is 24.1 Å². The van der Waals surface area contributed by atoms with E-state index in [2.05, 4.69) is 10.2 Å². The third-order valence-electron chi connectivity index (χ3n) is 3.12. The number of aryl methyl sites for hydroxylation is 1. The molecule has 2 atom stereocenters. The van der Waals surface area contributed by atoms with Crippen LogP contribution in [0.4, 0.5) is 0 Å². The molecule has 13 heavy (non-hydrogen) atoms. The molecule has 0 saturated carbocycles. The molecule has 1 aromatic heterocycles. The monoisotopic (exact) mass is 181 g/mol. The SMILES string of the molecule is CC1CCc2cn[nH]c2C1(O)CN. The van der Waals surface area contributed by atoms with Crippen LogP contribution >= 0.6 is 0 Å². The standard InChI is InChI=1S/C9H15N3O/c1-6-2-3-7-4-11-12-8(7)9(6,13)5-10/h4,6,13H,2-3,5,10H2,1H3,(H,11,12). The summed E-state index contributed by atoms with van der Waals surface area (Å²) in [5, 5.41) is 17.1. The van der Waals surface area contributed by atoms with Gasteiger partial charge in [0.05, 0.1) is 11.9 Å². The smallest absolute Gasteiger partial charge is 0.121 e. The number of aliphatic hydroxyl groups is 1. The summed E-state index contributed by atoms with van der Waals surface area (Å²) in [5.41, 5.74) is 6.62. The summed E-state index contributed by atoms with van der Waals surface area (Å²) < 4.78 is 0. The highest BCUT2D eigenvalue weighted by Crippen LogP contribution is 2.37. The zero-order valence-electron chi connectivity index (χ0n) is 7.75. The van der Waals surface area contributed by atoms with Crippen LogP contribution < -0.4 is 5.73 Å². The molecule has 0 aliphatic heterocycles. The first kappa shape index (κ1) is 8.72. The first-order valence-corrected chi connectivity index (χ1v) is 4.63. The van der Waals surface area contributed by atoms with E-state index in [1.165, 1.54) is 0 Å². The van der Waals surface area contributed by atoms with E-state index in [1.807, 2.05) is 6.92 Å². The Balaban J connectivity index is 2.47. The van der Waals surface area contributed by atoms with Gasteiger partial charge in [0, 0.05) is 6.54 Å². The number of nitrogens with one attached hydrogen (secondary N) is 1. The highest BCUT2D eigenvalue weighted by molar-refractivity contribution is 5.27. The maximum Gasteiger partial charge on any atom is 0.121 e.